The van der Waals surface area contributed by atoms with Gasteiger partial charge in [0.2, 0.25) is 0 Å². The topological polar surface area (TPSA) is 85.7 Å². The Hall–Kier alpha value is -2.74. The molecule has 0 bridgehead atoms. The molecule has 0 atom stereocenters. The second-order valence-electron chi connectivity index (χ2n) is 8.76. The molecule has 0 radical (unpaired) electrons. The van der Waals surface area contributed by atoms with E-state index in [4.69, 9.17) is 21.1 Å². The van der Waals surface area contributed by atoms with Gasteiger partial charge in [0.25, 0.3) is 5.91 Å². The number of aromatic nitrogens is 2. The average Bonchev–Trinajstić information content (AvgIpc) is 2.97. The summed E-state index contributed by atoms with van der Waals surface area (Å²) in [5, 5.41) is 8.05. The molecule has 0 saturated carbocycles. The van der Waals surface area contributed by atoms with Gasteiger partial charge in [0, 0.05) is 30.6 Å². The Morgan fingerprint density at radius 1 is 1.23 bits per heavy atom. The summed E-state index contributed by atoms with van der Waals surface area (Å²) >= 11 is 6.18. The SMILES string of the molecule is Cc1cc(OCC(=O)Nc2c3c(nn2C)CCN(C(=O)OC(C)(C)C)C3)cc(C)c1Cl. The molecule has 1 aliphatic rings. The van der Waals surface area contributed by atoms with Crippen LogP contribution in [0.5, 0.6) is 5.75 Å². The van der Waals surface area contributed by atoms with Crippen molar-refractivity contribution in [1.82, 2.24) is 14.7 Å². The van der Waals surface area contributed by atoms with Crippen molar-refractivity contribution >= 4 is 29.4 Å². The van der Waals surface area contributed by atoms with Crippen molar-refractivity contribution in [2.24, 2.45) is 7.05 Å². The molecule has 1 aromatic heterocycles. The highest BCUT2D eigenvalue weighted by Gasteiger charge is 2.30. The van der Waals surface area contributed by atoms with Crippen molar-refractivity contribution in [3.8, 4) is 5.75 Å². The van der Waals surface area contributed by atoms with Crippen molar-refractivity contribution in [1.29, 1.82) is 0 Å². The average molecular weight is 449 g/mol. The summed E-state index contributed by atoms with van der Waals surface area (Å²) in [5.41, 5.74) is 2.88. The molecule has 168 valence electrons. The molecule has 0 unspecified atom stereocenters. The third kappa shape index (κ3) is 5.50. The number of fused-ring (bicyclic) bond motifs is 1. The number of rotatable bonds is 4. The molecule has 3 rings (SSSR count). The summed E-state index contributed by atoms with van der Waals surface area (Å²) in [6, 6.07) is 3.60. The first kappa shape index (κ1) is 22.9. The van der Waals surface area contributed by atoms with E-state index in [9.17, 15) is 9.59 Å². The standard InChI is InChI=1S/C22H29ClN4O4/c1-13-9-15(10-14(2)19(13)23)30-12-18(28)24-20-16-11-27(21(29)31-22(3,4)5)8-7-17(16)25-26(20)6/h9-10H,7-8,11-12H2,1-6H3,(H,24,28). The van der Waals surface area contributed by atoms with Gasteiger partial charge in [-0.25, -0.2) is 4.79 Å². The van der Waals surface area contributed by atoms with Crippen LogP contribution in [-0.4, -0.2) is 45.4 Å². The summed E-state index contributed by atoms with van der Waals surface area (Å²) < 4.78 is 12.7. The quantitative estimate of drug-likeness (QED) is 0.764. The molecule has 2 amide bonds. The van der Waals surface area contributed by atoms with Crippen LogP contribution in [0.3, 0.4) is 0 Å². The first-order valence-corrected chi connectivity index (χ1v) is 10.5. The Bertz CT molecular complexity index is 987. The number of halogens is 1. The number of benzene rings is 1. The normalized spacial score (nSPS) is 13.6. The van der Waals surface area contributed by atoms with Gasteiger partial charge in [0.15, 0.2) is 6.61 Å². The molecular formula is C22H29ClN4O4. The highest BCUT2D eigenvalue weighted by atomic mass is 35.5. The lowest BCUT2D eigenvalue weighted by atomic mass is 10.1. The van der Waals surface area contributed by atoms with Crippen LogP contribution in [0.25, 0.3) is 0 Å². The summed E-state index contributed by atoms with van der Waals surface area (Å²) in [5.74, 6) is 0.823. The molecule has 0 saturated heterocycles. The Kier molecular flexibility index (Phi) is 6.50. The molecule has 31 heavy (non-hydrogen) atoms. The maximum atomic E-state index is 12.6. The van der Waals surface area contributed by atoms with Gasteiger partial charge in [-0.2, -0.15) is 5.10 Å². The minimum atomic E-state index is -0.570. The molecule has 1 N–H and O–H groups in total. The Balaban J connectivity index is 1.67. The van der Waals surface area contributed by atoms with E-state index in [-0.39, 0.29) is 18.6 Å². The lowest BCUT2D eigenvalue weighted by Crippen LogP contribution is -2.40. The molecule has 2 heterocycles. The Morgan fingerprint density at radius 2 is 1.87 bits per heavy atom. The number of carbonyl (C=O) groups is 2. The van der Waals surface area contributed by atoms with Crippen LogP contribution in [0, 0.1) is 13.8 Å². The van der Waals surface area contributed by atoms with Crippen molar-refractivity contribution in [2.45, 2.75) is 53.2 Å². The van der Waals surface area contributed by atoms with E-state index in [0.29, 0.717) is 36.1 Å². The zero-order valence-corrected chi connectivity index (χ0v) is 19.6. The van der Waals surface area contributed by atoms with Gasteiger partial charge >= 0.3 is 6.09 Å². The molecule has 2 aromatic rings. The number of nitrogens with one attached hydrogen (secondary N) is 1. The highest BCUT2D eigenvalue weighted by Crippen LogP contribution is 2.28. The van der Waals surface area contributed by atoms with Crippen molar-refractivity contribution in [3.63, 3.8) is 0 Å². The Morgan fingerprint density at radius 3 is 2.48 bits per heavy atom. The summed E-state index contributed by atoms with van der Waals surface area (Å²) in [6.45, 7) is 9.96. The summed E-state index contributed by atoms with van der Waals surface area (Å²) in [4.78, 5) is 26.6. The summed E-state index contributed by atoms with van der Waals surface area (Å²) in [6.07, 6.45) is 0.217. The van der Waals surface area contributed by atoms with E-state index in [2.05, 4.69) is 10.4 Å². The van der Waals surface area contributed by atoms with Crippen LogP contribution in [0.4, 0.5) is 10.6 Å². The first-order valence-electron chi connectivity index (χ1n) is 10.2. The van der Waals surface area contributed by atoms with Crippen molar-refractivity contribution in [3.05, 3.63) is 39.5 Å². The lowest BCUT2D eigenvalue weighted by Gasteiger charge is -2.29. The van der Waals surface area contributed by atoms with Crippen LogP contribution in [0.1, 0.15) is 43.2 Å². The largest absolute Gasteiger partial charge is 0.484 e. The lowest BCUT2D eigenvalue weighted by molar-refractivity contribution is -0.118. The van der Waals surface area contributed by atoms with E-state index in [0.717, 1.165) is 22.4 Å². The van der Waals surface area contributed by atoms with Gasteiger partial charge in [-0.05, 0) is 57.9 Å². The van der Waals surface area contributed by atoms with E-state index in [1.165, 1.54) is 0 Å². The molecule has 9 heteroatoms. The highest BCUT2D eigenvalue weighted by molar-refractivity contribution is 6.32. The van der Waals surface area contributed by atoms with Gasteiger partial charge in [0.1, 0.15) is 17.2 Å². The fourth-order valence-corrected chi connectivity index (χ4v) is 3.56. The molecular weight excluding hydrogens is 420 g/mol. The first-order chi connectivity index (χ1) is 14.4. The smallest absolute Gasteiger partial charge is 0.410 e. The van der Waals surface area contributed by atoms with Crippen LogP contribution < -0.4 is 10.1 Å². The number of aryl methyl sites for hydroxylation is 3. The third-order valence-corrected chi connectivity index (χ3v) is 5.48. The molecule has 1 aliphatic heterocycles. The molecule has 8 nitrogen and oxygen atoms in total. The van der Waals surface area contributed by atoms with Crippen molar-refractivity contribution < 1.29 is 19.1 Å². The maximum Gasteiger partial charge on any atom is 0.410 e. The third-order valence-electron chi connectivity index (χ3n) is 4.89. The van der Waals surface area contributed by atoms with E-state index in [1.807, 2.05) is 34.6 Å². The van der Waals surface area contributed by atoms with Crippen LogP contribution in [0.15, 0.2) is 12.1 Å². The number of amides is 2. The number of hydrogen-bond donors (Lipinski definition) is 1. The fourth-order valence-electron chi connectivity index (χ4n) is 3.45. The Labute approximate surface area is 187 Å². The van der Waals surface area contributed by atoms with Gasteiger partial charge in [-0.1, -0.05) is 11.6 Å². The number of carbonyl (C=O) groups excluding carboxylic acids is 2. The zero-order valence-electron chi connectivity index (χ0n) is 18.8. The maximum absolute atomic E-state index is 12.6. The minimum Gasteiger partial charge on any atom is -0.484 e. The van der Waals surface area contributed by atoms with E-state index < -0.39 is 5.60 Å². The van der Waals surface area contributed by atoms with E-state index in [1.54, 1.807) is 28.8 Å². The van der Waals surface area contributed by atoms with Crippen LogP contribution in [0.2, 0.25) is 5.02 Å². The van der Waals surface area contributed by atoms with Gasteiger partial charge in [-0.15, -0.1) is 0 Å². The van der Waals surface area contributed by atoms with Crippen LogP contribution in [-0.2, 0) is 29.5 Å². The van der Waals surface area contributed by atoms with Gasteiger partial charge in [0.05, 0.1) is 12.2 Å². The van der Waals surface area contributed by atoms with E-state index >= 15 is 0 Å². The molecule has 1 aromatic carbocycles. The second-order valence-corrected chi connectivity index (χ2v) is 9.14. The number of anilines is 1. The number of nitrogens with zero attached hydrogens (tertiary/aromatic N) is 3. The molecule has 0 fully saturated rings. The van der Waals surface area contributed by atoms with Crippen LogP contribution >= 0.6 is 11.6 Å². The summed E-state index contributed by atoms with van der Waals surface area (Å²) in [7, 11) is 1.76. The minimum absolute atomic E-state index is 0.157. The van der Waals surface area contributed by atoms with Gasteiger partial charge in [-0.3, -0.25) is 9.48 Å². The zero-order chi connectivity index (χ0) is 22.9. The predicted molar refractivity (Wildman–Crippen MR) is 119 cm³/mol. The predicted octanol–water partition coefficient (Wildman–Crippen LogP) is 4.00. The monoisotopic (exact) mass is 448 g/mol. The van der Waals surface area contributed by atoms with Crippen molar-refractivity contribution in [2.75, 3.05) is 18.5 Å². The number of ether oxygens (including phenoxy) is 2. The second kappa shape index (κ2) is 8.78. The molecule has 0 spiro atoms. The fraction of sp³-hybridized carbons (Fsp3) is 0.500. The molecule has 0 aliphatic carbocycles. The number of hydrogen-bond acceptors (Lipinski definition) is 5. The van der Waals surface area contributed by atoms with Gasteiger partial charge < -0.3 is 19.7 Å².